The van der Waals surface area contributed by atoms with Gasteiger partial charge in [-0.2, -0.15) is 0 Å². The number of aliphatic imine (C=N–C) groups is 1. The van der Waals surface area contributed by atoms with Crippen LogP contribution in [0.4, 0.5) is 0 Å². The number of nitrogens with zero attached hydrogens (tertiary/aromatic N) is 3. The Hall–Kier alpha value is -0.370. The van der Waals surface area contributed by atoms with Gasteiger partial charge in [0.2, 0.25) is 0 Å². The van der Waals surface area contributed by atoms with Gasteiger partial charge in [0.1, 0.15) is 0 Å². The van der Waals surface area contributed by atoms with Crippen molar-refractivity contribution in [3.63, 3.8) is 0 Å². The molecule has 1 aliphatic heterocycles. The summed E-state index contributed by atoms with van der Waals surface area (Å²) in [7, 11) is 1.88. The van der Waals surface area contributed by atoms with Crippen molar-refractivity contribution in [1.82, 2.24) is 15.2 Å². The smallest absolute Gasteiger partial charge is 0.193 e. The summed E-state index contributed by atoms with van der Waals surface area (Å²) in [5.41, 5.74) is 1.25. The van der Waals surface area contributed by atoms with Crippen LogP contribution in [-0.4, -0.2) is 42.5 Å². The van der Waals surface area contributed by atoms with E-state index in [4.69, 9.17) is 4.98 Å². The summed E-state index contributed by atoms with van der Waals surface area (Å²) in [6.45, 7) is 9.82. The van der Waals surface area contributed by atoms with E-state index in [-0.39, 0.29) is 24.0 Å². The van der Waals surface area contributed by atoms with Crippen molar-refractivity contribution in [3.05, 3.63) is 15.6 Å². The molecule has 1 aromatic heterocycles. The summed E-state index contributed by atoms with van der Waals surface area (Å²) >= 11 is 1.83. The van der Waals surface area contributed by atoms with Crippen LogP contribution in [0.5, 0.6) is 0 Å². The molecule has 126 valence electrons. The van der Waals surface area contributed by atoms with Gasteiger partial charge < -0.3 is 10.2 Å². The Balaban J connectivity index is 0.00000242. The second-order valence-electron chi connectivity index (χ2n) is 5.88. The van der Waals surface area contributed by atoms with Crippen LogP contribution < -0.4 is 5.32 Å². The van der Waals surface area contributed by atoms with Gasteiger partial charge in [-0.05, 0) is 32.1 Å². The highest BCUT2D eigenvalue weighted by Crippen LogP contribution is 2.18. The van der Waals surface area contributed by atoms with E-state index in [2.05, 4.69) is 36.0 Å². The lowest BCUT2D eigenvalue weighted by molar-refractivity contribution is 0.266. The number of nitrogens with one attached hydrogen (secondary N) is 1. The number of rotatable bonds is 4. The van der Waals surface area contributed by atoms with Gasteiger partial charge in [-0.25, -0.2) is 4.98 Å². The molecule has 1 N–H and O–H groups in total. The van der Waals surface area contributed by atoms with Crippen LogP contribution in [0.1, 0.15) is 42.3 Å². The zero-order valence-electron chi connectivity index (χ0n) is 14.2. The van der Waals surface area contributed by atoms with Gasteiger partial charge in [-0.1, -0.05) is 13.8 Å². The number of piperidine rings is 1. The first-order valence-electron chi connectivity index (χ1n) is 8.04. The third-order valence-corrected chi connectivity index (χ3v) is 5.14. The maximum atomic E-state index is 4.70. The van der Waals surface area contributed by atoms with E-state index < -0.39 is 0 Å². The molecule has 0 amide bonds. The SMILES string of the molecule is CCc1nc(CCNC(=NC)N2CCCC(C)C2)sc1C.I. The molecule has 2 rings (SSSR count). The summed E-state index contributed by atoms with van der Waals surface area (Å²) in [6.07, 6.45) is 4.62. The van der Waals surface area contributed by atoms with Crippen LogP contribution >= 0.6 is 35.3 Å². The molecule has 0 aromatic carbocycles. The lowest BCUT2D eigenvalue weighted by atomic mass is 10.0. The predicted molar refractivity (Wildman–Crippen MR) is 107 cm³/mol. The molecule has 1 fully saturated rings. The number of hydrogen-bond donors (Lipinski definition) is 1. The minimum atomic E-state index is 0. The van der Waals surface area contributed by atoms with Crippen LogP contribution in [-0.2, 0) is 12.8 Å². The zero-order valence-corrected chi connectivity index (χ0v) is 17.3. The maximum Gasteiger partial charge on any atom is 0.193 e. The average molecular weight is 436 g/mol. The Kier molecular flexibility index (Phi) is 8.67. The van der Waals surface area contributed by atoms with Gasteiger partial charge in [0.25, 0.3) is 0 Å². The molecule has 0 aliphatic carbocycles. The molecule has 4 nitrogen and oxygen atoms in total. The molecule has 2 heterocycles. The highest BCUT2D eigenvalue weighted by Gasteiger charge is 2.19. The molecule has 0 bridgehead atoms. The molecule has 1 aromatic rings. The van der Waals surface area contributed by atoms with Crippen LogP contribution in [0.2, 0.25) is 0 Å². The summed E-state index contributed by atoms with van der Waals surface area (Å²) in [4.78, 5) is 12.9. The normalized spacial score (nSPS) is 19.0. The van der Waals surface area contributed by atoms with Crippen molar-refractivity contribution >= 4 is 41.3 Å². The van der Waals surface area contributed by atoms with E-state index >= 15 is 0 Å². The summed E-state index contributed by atoms with van der Waals surface area (Å²) < 4.78 is 0. The number of likely N-dealkylation sites (tertiary alicyclic amines) is 1. The van der Waals surface area contributed by atoms with E-state index in [0.29, 0.717) is 0 Å². The van der Waals surface area contributed by atoms with Gasteiger partial charge in [-0.15, -0.1) is 35.3 Å². The lowest BCUT2D eigenvalue weighted by Gasteiger charge is -2.33. The Morgan fingerprint density at radius 2 is 2.27 bits per heavy atom. The molecule has 0 saturated carbocycles. The fourth-order valence-corrected chi connectivity index (χ4v) is 3.94. The monoisotopic (exact) mass is 436 g/mol. The Labute approximate surface area is 155 Å². The Morgan fingerprint density at radius 3 is 2.86 bits per heavy atom. The van der Waals surface area contributed by atoms with Gasteiger partial charge in [0, 0.05) is 38.0 Å². The van der Waals surface area contributed by atoms with E-state index in [9.17, 15) is 0 Å². The van der Waals surface area contributed by atoms with Crippen LogP contribution in [0.25, 0.3) is 0 Å². The van der Waals surface area contributed by atoms with Gasteiger partial charge >= 0.3 is 0 Å². The highest BCUT2D eigenvalue weighted by atomic mass is 127. The van der Waals surface area contributed by atoms with Crippen LogP contribution in [0.15, 0.2) is 4.99 Å². The number of aromatic nitrogens is 1. The second kappa shape index (κ2) is 9.70. The Bertz CT molecular complexity index is 486. The largest absolute Gasteiger partial charge is 0.356 e. The topological polar surface area (TPSA) is 40.5 Å². The zero-order chi connectivity index (χ0) is 15.2. The van der Waals surface area contributed by atoms with Crippen molar-refractivity contribution in [2.75, 3.05) is 26.7 Å². The highest BCUT2D eigenvalue weighted by molar-refractivity contribution is 14.0. The number of hydrogen-bond acceptors (Lipinski definition) is 3. The van der Waals surface area contributed by atoms with Gasteiger partial charge in [0.05, 0.1) is 10.7 Å². The molecule has 1 saturated heterocycles. The summed E-state index contributed by atoms with van der Waals surface area (Å²) in [6, 6.07) is 0. The van der Waals surface area contributed by atoms with E-state index in [1.54, 1.807) is 0 Å². The molecule has 1 unspecified atom stereocenters. The van der Waals surface area contributed by atoms with E-state index in [0.717, 1.165) is 44.4 Å². The standard InChI is InChI=1S/C16H28N4S.HI/c1-5-14-13(3)21-15(19-14)8-9-18-16(17-4)20-10-6-7-12(2)11-20;/h12H,5-11H2,1-4H3,(H,17,18);1H. The first-order valence-corrected chi connectivity index (χ1v) is 8.86. The van der Waals surface area contributed by atoms with Crippen LogP contribution in [0, 0.1) is 12.8 Å². The minimum Gasteiger partial charge on any atom is -0.356 e. The third kappa shape index (κ3) is 5.37. The Morgan fingerprint density at radius 1 is 1.50 bits per heavy atom. The maximum absolute atomic E-state index is 4.70. The summed E-state index contributed by atoms with van der Waals surface area (Å²) in [5, 5.41) is 4.73. The first-order chi connectivity index (χ1) is 10.1. The number of aryl methyl sites for hydroxylation is 2. The quantitative estimate of drug-likeness (QED) is 0.447. The van der Waals surface area contributed by atoms with Crippen molar-refractivity contribution in [2.24, 2.45) is 10.9 Å². The van der Waals surface area contributed by atoms with Crippen molar-refractivity contribution in [3.8, 4) is 0 Å². The van der Waals surface area contributed by atoms with Crippen molar-refractivity contribution < 1.29 is 0 Å². The van der Waals surface area contributed by atoms with Crippen molar-refractivity contribution in [2.45, 2.75) is 46.5 Å². The minimum absolute atomic E-state index is 0. The molecule has 22 heavy (non-hydrogen) atoms. The van der Waals surface area contributed by atoms with Crippen molar-refractivity contribution in [1.29, 1.82) is 0 Å². The number of halogens is 1. The van der Waals surface area contributed by atoms with Crippen LogP contribution in [0.3, 0.4) is 0 Å². The van der Waals surface area contributed by atoms with E-state index in [1.807, 2.05) is 18.4 Å². The van der Waals surface area contributed by atoms with E-state index in [1.165, 1.54) is 28.4 Å². The fourth-order valence-electron chi connectivity index (χ4n) is 2.92. The molecule has 6 heteroatoms. The molecule has 0 spiro atoms. The lowest BCUT2D eigenvalue weighted by Crippen LogP contribution is -2.46. The molecular weight excluding hydrogens is 407 g/mol. The first kappa shape index (κ1) is 19.7. The second-order valence-corrected chi connectivity index (χ2v) is 7.17. The fraction of sp³-hybridized carbons (Fsp3) is 0.750. The average Bonchev–Trinajstić information content (AvgIpc) is 2.84. The molecule has 0 radical (unpaired) electrons. The third-order valence-electron chi connectivity index (χ3n) is 4.06. The number of guanidine groups is 1. The summed E-state index contributed by atoms with van der Waals surface area (Å²) in [5.74, 6) is 1.82. The van der Waals surface area contributed by atoms with Gasteiger partial charge in [0.15, 0.2) is 5.96 Å². The predicted octanol–water partition coefficient (Wildman–Crippen LogP) is 3.48. The molecule has 1 aliphatic rings. The van der Waals surface area contributed by atoms with Gasteiger partial charge in [-0.3, -0.25) is 4.99 Å². The molecular formula is C16H29IN4S. The number of thiazole rings is 1. The molecule has 1 atom stereocenters.